The van der Waals surface area contributed by atoms with E-state index in [4.69, 9.17) is 0 Å². The molecule has 0 aliphatic carbocycles. The van der Waals surface area contributed by atoms with E-state index in [1.165, 1.54) is 12.8 Å². The van der Waals surface area contributed by atoms with Gasteiger partial charge in [0, 0.05) is 44.0 Å². The lowest BCUT2D eigenvalue weighted by Crippen LogP contribution is -2.51. The number of fused-ring (bicyclic) bond motifs is 2. The first-order valence-electron chi connectivity index (χ1n) is 5.97. The molecule has 4 heteroatoms. The number of hydrogen-bond donors (Lipinski definition) is 2. The highest BCUT2D eigenvalue weighted by Crippen LogP contribution is 2.27. The lowest BCUT2D eigenvalue weighted by atomic mass is 10.1. The second-order valence-corrected chi connectivity index (χ2v) is 4.78. The van der Waals surface area contributed by atoms with Gasteiger partial charge in [-0.1, -0.05) is 0 Å². The van der Waals surface area contributed by atoms with E-state index in [0.717, 1.165) is 25.2 Å². The second kappa shape index (κ2) is 4.03. The Bertz CT molecular complexity index is 412. The van der Waals surface area contributed by atoms with Gasteiger partial charge in [-0.2, -0.15) is 0 Å². The van der Waals surface area contributed by atoms with Crippen molar-refractivity contribution in [2.24, 2.45) is 0 Å². The van der Waals surface area contributed by atoms with E-state index in [1.807, 2.05) is 6.07 Å². The number of piperazine rings is 1. The van der Waals surface area contributed by atoms with Crippen molar-refractivity contribution in [3.05, 3.63) is 34.2 Å². The van der Waals surface area contributed by atoms with Gasteiger partial charge in [0.15, 0.2) is 0 Å². The van der Waals surface area contributed by atoms with Crippen molar-refractivity contribution in [2.75, 3.05) is 13.1 Å². The molecular formula is C12H17N3O. The van der Waals surface area contributed by atoms with Crippen LogP contribution in [0.25, 0.3) is 0 Å². The zero-order valence-electron chi connectivity index (χ0n) is 9.28. The van der Waals surface area contributed by atoms with Gasteiger partial charge >= 0.3 is 0 Å². The zero-order valence-corrected chi connectivity index (χ0v) is 9.28. The van der Waals surface area contributed by atoms with Gasteiger partial charge in [-0.05, 0) is 24.5 Å². The van der Waals surface area contributed by atoms with Gasteiger partial charge < -0.3 is 10.3 Å². The van der Waals surface area contributed by atoms with Crippen LogP contribution in [-0.2, 0) is 6.54 Å². The molecule has 0 spiro atoms. The molecule has 1 aromatic heterocycles. The smallest absolute Gasteiger partial charge is 0.248 e. The largest absolute Gasteiger partial charge is 0.329 e. The van der Waals surface area contributed by atoms with E-state index >= 15 is 0 Å². The summed E-state index contributed by atoms with van der Waals surface area (Å²) in [5.74, 6) is 0. The summed E-state index contributed by atoms with van der Waals surface area (Å²) >= 11 is 0. The molecule has 2 fully saturated rings. The van der Waals surface area contributed by atoms with Crippen LogP contribution in [0.5, 0.6) is 0 Å². The molecule has 4 nitrogen and oxygen atoms in total. The molecule has 2 aliphatic heterocycles. The molecule has 2 N–H and O–H groups in total. The minimum Gasteiger partial charge on any atom is -0.329 e. The van der Waals surface area contributed by atoms with E-state index in [9.17, 15) is 4.79 Å². The quantitative estimate of drug-likeness (QED) is 0.752. The van der Waals surface area contributed by atoms with E-state index in [-0.39, 0.29) is 5.56 Å². The highest BCUT2D eigenvalue weighted by Gasteiger charge is 2.35. The predicted octanol–water partition coefficient (Wildman–Crippen LogP) is 0.311. The Labute approximate surface area is 94.7 Å². The molecule has 0 amide bonds. The van der Waals surface area contributed by atoms with E-state index in [2.05, 4.69) is 15.2 Å². The highest BCUT2D eigenvalue weighted by atomic mass is 16.1. The predicted molar refractivity (Wildman–Crippen MR) is 62.3 cm³/mol. The molecule has 3 heterocycles. The first-order valence-corrected chi connectivity index (χ1v) is 5.97. The van der Waals surface area contributed by atoms with Crippen LogP contribution < -0.4 is 10.9 Å². The third-order valence-corrected chi connectivity index (χ3v) is 3.74. The Hall–Kier alpha value is -1.13. The van der Waals surface area contributed by atoms with Crippen LogP contribution in [0.15, 0.2) is 23.1 Å². The molecule has 86 valence electrons. The molecule has 2 unspecified atom stereocenters. The number of hydrogen-bond acceptors (Lipinski definition) is 3. The Balaban J connectivity index is 1.77. The van der Waals surface area contributed by atoms with Gasteiger partial charge in [-0.15, -0.1) is 0 Å². The molecule has 0 aromatic carbocycles. The fourth-order valence-electron chi connectivity index (χ4n) is 2.93. The fourth-order valence-corrected chi connectivity index (χ4v) is 2.93. The molecule has 2 saturated heterocycles. The lowest BCUT2D eigenvalue weighted by Gasteiger charge is -2.35. The average molecular weight is 219 g/mol. The summed E-state index contributed by atoms with van der Waals surface area (Å²) in [5, 5.41) is 3.46. The molecule has 0 saturated carbocycles. The number of nitrogens with one attached hydrogen (secondary N) is 2. The minimum absolute atomic E-state index is 0.0000172. The van der Waals surface area contributed by atoms with Gasteiger partial charge in [0.05, 0.1) is 0 Å². The molecule has 16 heavy (non-hydrogen) atoms. The number of aromatic amines is 1. The summed E-state index contributed by atoms with van der Waals surface area (Å²) in [6.45, 7) is 3.11. The number of aromatic nitrogens is 1. The molecule has 3 rings (SSSR count). The fraction of sp³-hybridized carbons (Fsp3) is 0.583. The summed E-state index contributed by atoms with van der Waals surface area (Å²) in [7, 11) is 0. The molecule has 0 radical (unpaired) electrons. The van der Waals surface area contributed by atoms with Crippen molar-refractivity contribution in [3.8, 4) is 0 Å². The first-order chi connectivity index (χ1) is 7.83. The van der Waals surface area contributed by atoms with Crippen molar-refractivity contribution in [1.29, 1.82) is 0 Å². The Morgan fingerprint density at radius 1 is 1.31 bits per heavy atom. The van der Waals surface area contributed by atoms with Crippen molar-refractivity contribution < 1.29 is 0 Å². The van der Waals surface area contributed by atoms with Crippen molar-refractivity contribution in [1.82, 2.24) is 15.2 Å². The summed E-state index contributed by atoms with van der Waals surface area (Å²) < 4.78 is 0. The number of nitrogens with zero attached hydrogens (tertiary/aromatic N) is 1. The van der Waals surface area contributed by atoms with Gasteiger partial charge in [0.25, 0.3) is 0 Å². The van der Waals surface area contributed by atoms with Crippen LogP contribution in [0.2, 0.25) is 0 Å². The Morgan fingerprint density at radius 2 is 2.06 bits per heavy atom. The third kappa shape index (κ3) is 1.79. The van der Waals surface area contributed by atoms with Crippen molar-refractivity contribution >= 4 is 0 Å². The Morgan fingerprint density at radius 3 is 2.75 bits per heavy atom. The molecule has 2 bridgehead atoms. The van der Waals surface area contributed by atoms with E-state index < -0.39 is 0 Å². The molecule has 1 aromatic rings. The van der Waals surface area contributed by atoms with Gasteiger partial charge in [0.1, 0.15) is 0 Å². The summed E-state index contributed by atoms with van der Waals surface area (Å²) in [6, 6.07) is 5.04. The zero-order chi connectivity index (χ0) is 11.0. The number of rotatable bonds is 2. The summed E-state index contributed by atoms with van der Waals surface area (Å²) in [6.07, 6.45) is 4.32. The molecular weight excluding hydrogens is 202 g/mol. The average Bonchev–Trinajstić information content (AvgIpc) is 2.51. The minimum atomic E-state index is -0.0000172. The Kier molecular flexibility index (Phi) is 2.53. The summed E-state index contributed by atoms with van der Waals surface area (Å²) in [4.78, 5) is 16.4. The summed E-state index contributed by atoms with van der Waals surface area (Å²) in [5.41, 5.74) is 1.13. The monoisotopic (exact) mass is 219 g/mol. The van der Waals surface area contributed by atoms with Crippen molar-refractivity contribution in [2.45, 2.75) is 31.5 Å². The van der Waals surface area contributed by atoms with Crippen LogP contribution >= 0.6 is 0 Å². The van der Waals surface area contributed by atoms with Crippen LogP contribution in [0.3, 0.4) is 0 Å². The van der Waals surface area contributed by atoms with Gasteiger partial charge in [-0.25, -0.2) is 0 Å². The van der Waals surface area contributed by atoms with Crippen LogP contribution in [0.1, 0.15) is 18.4 Å². The van der Waals surface area contributed by atoms with Crippen molar-refractivity contribution in [3.63, 3.8) is 0 Å². The van der Waals surface area contributed by atoms with Gasteiger partial charge in [0.2, 0.25) is 5.56 Å². The topological polar surface area (TPSA) is 48.1 Å². The second-order valence-electron chi connectivity index (χ2n) is 4.78. The maximum Gasteiger partial charge on any atom is 0.248 e. The number of pyridine rings is 1. The van der Waals surface area contributed by atoms with Gasteiger partial charge in [-0.3, -0.25) is 9.69 Å². The highest BCUT2D eigenvalue weighted by molar-refractivity contribution is 5.11. The van der Waals surface area contributed by atoms with E-state index in [0.29, 0.717) is 12.1 Å². The number of H-pyrrole nitrogens is 1. The first kappa shape index (κ1) is 10.1. The molecule has 2 atom stereocenters. The maximum absolute atomic E-state index is 11.2. The van der Waals surface area contributed by atoms with Crippen LogP contribution in [0, 0.1) is 0 Å². The lowest BCUT2D eigenvalue weighted by molar-refractivity contribution is 0.145. The third-order valence-electron chi connectivity index (χ3n) is 3.74. The van der Waals surface area contributed by atoms with Crippen LogP contribution in [0.4, 0.5) is 0 Å². The van der Waals surface area contributed by atoms with E-state index in [1.54, 1.807) is 12.3 Å². The maximum atomic E-state index is 11.2. The standard InChI is InChI=1S/C12H17N3O/c16-12-5-9(3-4-14-12)8-15-10-1-2-11(15)7-13-6-10/h3-5,10-11,13H,1-2,6-8H2,(H,14,16). The normalized spacial score (nSPS) is 29.5. The SMILES string of the molecule is O=c1cc(CN2C3CCC2CNC3)cc[nH]1. The molecule has 2 aliphatic rings. The van der Waals surface area contributed by atoms with Crippen LogP contribution in [-0.4, -0.2) is 35.1 Å².